The Bertz CT molecular complexity index is 1150. The number of hydrogen-bond donors (Lipinski definition) is 1. The maximum atomic E-state index is 6.73. The molecule has 2 aromatic rings. The first-order valence-corrected chi connectivity index (χ1v) is 18.3. The molecule has 4 nitrogen and oxygen atoms in total. The molecule has 0 bridgehead atoms. The normalized spacial score (nSPS) is 15.1. The maximum Gasteiger partial charge on any atom is 0.188 e. The molecule has 2 aliphatic heterocycles. The Balaban J connectivity index is 1.65. The van der Waals surface area contributed by atoms with Gasteiger partial charge in [-0.15, -0.1) is 22.7 Å². The molecule has 4 heterocycles. The van der Waals surface area contributed by atoms with Crippen LogP contribution in [0.4, 0.5) is 0 Å². The molecule has 2 aromatic heterocycles. The van der Waals surface area contributed by atoms with Crippen molar-refractivity contribution in [1.82, 2.24) is 9.03 Å². The first-order chi connectivity index (χ1) is 19.1. The predicted molar refractivity (Wildman–Crippen MR) is 177 cm³/mol. The van der Waals surface area contributed by atoms with Crippen LogP contribution >= 0.6 is 66.7 Å². The third-order valence-corrected chi connectivity index (χ3v) is 10.8. The zero-order chi connectivity index (χ0) is 27.5. The summed E-state index contributed by atoms with van der Waals surface area (Å²) in [5.74, 6) is 1.73. The molecule has 9 heteroatoms. The highest BCUT2D eigenvalue weighted by Crippen LogP contribution is 2.51. The van der Waals surface area contributed by atoms with E-state index in [1.54, 1.807) is 34.8 Å². The predicted octanol–water partition coefficient (Wildman–Crippen LogP) is 11.5. The Morgan fingerprint density at radius 2 is 1.23 bits per heavy atom. The van der Waals surface area contributed by atoms with E-state index in [0.717, 1.165) is 53.8 Å². The summed E-state index contributed by atoms with van der Waals surface area (Å²) in [4.78, 5) is 2.33. The van der Waals surface area contributed by atoms with E-state index < -0.39 is 0 Å². The molecule has 0 aromatic carbocycles. The largest absolute Gasteiger partial charge is 0.489 e. The summed E-state index contributed by atoms with van der Waals surface area (Å²) in [6, 6.07) is 8.58. The van der Waals surface area contributed by atoms with E-state index in [1.165, 1.54) is 69.1 Å². The zero-order valence-electron chi connectivity index (χ0n) is 23.0. The van der Waals surface area contributed by atoms with Gasteiger partial charge in [0.15, 0.2) is 11.5 Å². The number of halogens is 2. The third kappa shape index (κ3) is 8.57. The second kappa shape index (κ2) is 16.5. The van der Waals surface area contributed by atoms with Crippen LogP contribution in [0.15, 0.2) is 55.3 Å². The Morgan fingerprint density at radius 3 is 1.79 bits per heavy atom. The first-order valence-electron chi connectivity index (χ1n) is 14.3. The lowest BCUT2D eigenvalue weighted by atomic mass is 10.0. The molecule has 0 unspecified atom stereocenters. The zero-order valence-corrected chi connectivity index (χ0v) is 28.7. The van der Waals surface area contributed by atoms with Gasteiger partial charge in [0, 0.05) is 11.1 Å². The number of nitrogens with zero attached hydrogens (tertiary/aromatic N) is 1. The van der Waals surface area contributed by atoms with Crippen LogP contribution in [0.1, 0.15) is 101 Å². The van der Waals surface area contributed by atoms with Crippen molar-refractivity contribution < 1.29 is 9.47 Å². The number of unbranched alkanes of at least 4 members (excludes halogenated alkanes) is 10. The number of rotatable bonds is 18. The van der Waals surface area contributed by atoms with Gasteiger partial charge in [0.1, 0.15) is 5.70 Å². The van der Waals surface area contributed by atoms with E-state index in [-0.39, 0.29) is 0 Å². The van der Waals surface area contributed by atoms with E-state index in [2.05, 4.69) is 85.2 Å². The van der Waals surface area contributed by atoms with E-state index >= 15 is 0 Å². The molecule has 0 atom stereocenters. The van der Waals surface area contributed by atoms with E-state index in [0.29, 0.717) is 13.2 Å². The Morgan fingerprint density at radius 1 is 0.692 bits per heavy atom. The smallest absolute Gasteiger partial charge is 0.188 e. The minimum absolute atomic E-state index is 0.688. The second-order valence-corrected chi connectivity index (χ2v) is 15.6. The average molecular weight is 717 g/mol. The minimum Gasteiger partial charge on any atom is -0.489 e. The highest BCUT2D eigenvalue weighted by Gasteiger charge is 2.39. The Labute approximate surface area is 263 Å². The lowest BCUT2D eigenvalue weighted by Crippen LogP contribution is -2.23. The topological polar surface area (TPSA) is 33.7 Å². The maximum absolute atomic E-state index is 6.73. The average Bonchev–Trinajstić information content (AvgIpc) is 3.69. The van der Waals surface area contributed by atoms with E-state index in [4.69, 9.17) is 9.47 Å². The van der Waals surface area contributed by atoms with Gasteiger partial charge in [-0.1, -0.05) is 78.1 Å². The Kier molecular flexibility index (Phi) is 13.2. The molecule has 0 spiro atoms. The number of fused-ring (bicyclic) bond motifs is 1. The quantitative estimate of drug-likeness (QED) is 0.123. The van der Waals surface area contributed by atoms with Crippen molar-refractivity contribution in [1.29, 1.82) is 0 Å². The molecule has 39 heavy (non-hydrogen) atoms. The van der Waals surface area contributed by atoms with Gasteiger partial charge >= 0.3 is 0 Å². The molecule has 0 aliphatic carbocycles. The lowest BCUT2D eigenvalue weighted by Gasteiger charge is -2.32. The second-order valence-electron chi connectivity index (χ2n) is 9.85. The van der Waals surface area contributed by atoms with Crippen LogP contribution in [-0.4, -0.2) is 17.5 Å². The molecule has 0 fully saturated rings. The molecule has 0 saturated carbocycles. The van der Waals surface area contributed by atoms with Crippen molar-refractivity contribution in [3.8, 4) is 0 Å². The van der Waals surface area contributed by atoms with Crippen molar-refractivity contribution in [2.45, 2.75) is 90.9 Å². The molecular formula is C30H40Br2N2O2S3. The summed E-state index contributed by atoms with van der Waals surface area (Å²) in [5.41, 5.74) is 3.28. The van der Waals surface area contributed by atoms with Crippen molar-refractivity contribution in [3.63, 3.8) is 0 Å². The molecular weight excluding hydrogens is 676 g/mol. The SMILES string of the molecule is CCCCCCCCOC1=C(c2ccc(Br)s2)C2=CNSN2C(c2ccc(Br)s2)=C1OCCCCCCCC. The van der Waals surface area contributed by atoms with Crippen molar-refractivity contribution in [2.75, 3.05) is 13.2 Å². The summed E-state index contributed by atoms with van der Waals surface area (Å²) in [6.45, 7) is 5.91. The van der Waals surface area contributed by atoms with Crippen LogP contribution in [0.2, 0.25) is 0 Å². The first kappa shape index (κ1) is 31.1. The summed E-state index contributed by atoms with van der Waals surface area (Å²) in [5, 5.41) is 0. The van der Waals surface area contributed by atoms with Gasteiger partial charge in [-0.05, 0) is 69.0 Å². The van der Waals surface area contributed by atoms with Crippen LogP contribution in [0.25, 0.3) is 11.3 Å². The van der Waals surface area contributed by atoms with Gasteiger partial charge in [0.2, 0.25) is 0 Å². The minimum atomic E-state index is 0.688. The molecule has 0 saturated heterocycles. The van der Waals surface area contributed by atoms with Crippen LogP contribution < -0.4 is 4.72 Å². The van der Waals surface area contributed by atoms with Crippen LogP contribution in [0, 0.1) is 0 Å². The molecule has 4 rings (SSSR count). The number of nitrogens with one attached hydrogen (secondary N) is 1. The highest BCUT2D eigenvalue weighted by molar-refractivity contribution is 9.11. The fourth-order valence-electron chi connectivity index (χ4n) is 4.74. The molecule has 214 valence electrons. The number of hydrogen-bond acceptors (Lipinski definition) is 7. The van der Waals surface area contributed by atoms with Gasteiger partial charge in [-0.2, -0.15) is 0 Å². The third-order valence-electron chi connectivity index (χ3n) is 6.78. The van der Waals surface area contributed by atoms with Crippen molar-refractivity contribution in [3.05, 3.63) is 65.0 Å². The summed E-state index contributed by atoms with van der Waals surface area (Å²) in [7, 11) is 0. The standard InChI is InChI=1S/C30H40Br2N2O2S3/c1-3-5-7-9-11-13-19-35-29-27(23-15-17-25(31)37-23)22-21-33-39-34(22)28(24-16-18-26(32)38-24)30(29)36-20-14-12-10-8-6-4-2/h15-18,21,33H,3-14,19-20H2,1-2H3. The van der Waals surface area contributed by atoms with Gasteiger partial charge in [0.25, 0.3) is 0 Å². The van der Waals surface area contributed by atoms with Gasteiger partial charge in [-0.25, -0.2) is 0 Å². The number of allylic oxidation sites excluding steroid dienone is 1. The Hall–Kier alpha value is -0.870. The number of ether oxygens (including phenoxy) is 2. The van der Waals surface area contributed by atoms with Gasteiger partial charge in [0.05, 0.1) is 49.1 Å². The summed E-state index contributed by atoms with van der Waals surface area (Å²) >= 11 is 12.4. The molecule has 1 N–H and O–H groups in total. The molecule has 0 radical (unpaired) electrons. The summed E-state index contributed by atoms with van der Waals surface area (Å²) < 4.78 is 21.3. The van der Waals surface area contributed by atoms with Crippen LogP contribution in [0.3, 0.4) is 0 Å². The monoisotopic (exact) mass is 714 g/mol. The lowest BCUT2D eigenvalue weighted by molar-refractivity contribution is 0.145. The molecule has 0 amide bonds. The van der Waals surface area contributed by atoms with E-state index in [1.807, 2.05) is 0 Å². The fraction of sp³-hybridized carbons (Fsp3) is 0.533. The highest BCUT2D eigenvalue weighted by atomic mass is 79.9. The van der Waals surface area contributed by atoms with Crippen LogP contribution in [-0.2, 0) is 9.47 Å². The molecule has 2 aliphatic rings. The number of thiophene rings is 2. The summed E-state index contributed by atoms with van der Waals surface area (Å²) in [6.07, 6.45) is 16.9. The fourth-order valence-corrected chi connectivity index (χ4v) is 8.43. The van der Waals surface area contributed by atoms with Crippen LogP contribution in [0.5, 0.6) is 0 Å². The van der Waals surface area contributed by atoms with Crippen molar-refractivity contribution >= 4 is 77.9 Å². The van der Waals surface area contributed by atoms with Gasteiger partial charge in [-0.3, -0.25) is 4.31 Å². The van der Waals surface area contributed by atoms with Gasteiger partial charge < -0.3 is 14.2 Å². The van der Waals surface area contributed by atoms with E-state index in [9.17, 15) is 0 Å². The van der Waals surface area contributed by atoms with Crippen molar-refractivity contribution in [2.24, 2.45) is 0 Å².